The van der Waals surface area contributed by atoms with E-state index in [0.29, 0.717) is 6.54 Å². The first kappa shape index (κ1) is 13.1. The van der Waals surface area contributed by atoms with Crippen molar-refractivity contribution in [3.05, 3.63) is 58.0 Å². The van der Waals surface area contributed by atoms with Gasteiger partial charge in [0.2, 0.25) is 0 Å². The third-order valence-electron chi connectivity index (χ3n) is 4.37. The fourth-order valence-corrected chi connectivity index (χ4v) is 4.16. The average molecular weight is 298 g/mol. The van der Waals surface area contributed by atoms with Gasteiger partial charge in [-0.25, -0.2) is 0 Å². The number of benzene rings is 1. The zero-order chi connectivity index (χ0) is 14.2. The van der Waals surface area contributed by atoms with Crippen LogP contribution in [0.5, 0.6) is 0 Å². The second kappa shape index (κ2) is 5.30. The van der Waals surface area contributed by atoms with Crippen LogP contribution in [0, 0.1) is 0 Å². The summed E-state index contributed by atoms with van der Waals surface area (Å²) in [5, 5.41) is 3.38. The Kier molecular flexibility index (Phi) is 3.30. The molecule has 0 radical (unpaired) electrons. The molecule has 1 atom stereocenters. The normalized spacial score (nSPS) is 17.0. The number of rotatable bonds is 3. The van der Waals surface area contributed by atoms with Crippen LogP contribution in [0.4, 0.5) is 0 Å². The number of furan rings is 1. The summed E-state index contributed by atoms with van der Waals surface area (Å²) >= 11 is 1.87. The van der Waals surface area contributed by atoms with E-state index in [1.165, 1.54) is 21.4 Å². The largest absolute Gasteiger partial charge is 0.464 e. The van der Waals surface area contributed by atoms with Crippen LogP contribution < -0.4 is 5.73 Å². The highest BCUT2D eigenvalue weighted by atomic mass is 32.1. The molecule has 0 saturated heterocycles. The maximum absolute atomic E-state index is 6.10. The minimum atomic E-state index is 0.224. The molecule has 108 valence electrons. The van der Waals surface area contributed by atoms with Crippen molar-refractivity contribution < 1.29 is 4.42 Å². The average Bonchev–Trinajstić information content (AvgIpc) is 3.15. The van der Waals surface area contributed by atoms with Crippen molar-refractivity contribution in [3.8, 4) is 0 Å². The summed E-state index contributed by atoms with van der Waals surface area (Å²) in [4.78, 5) is 4.01. The molecule has 4 heteroatoms. The van der Waals surface area contributed by atoms with Gasteiger partial charge in [-0.05, 0) is 29.5 Å². The molecule has 0 fully saturated rings. The second-order valence-electron chi connectivity index (χ2n) is 5.53. The van der Waals surface area contributed by atoms with Gasteiger partial charge in [-0.15, -0.1) is 11.3 Å². The van der Waals surface area contributed by atoms with Gasteiger partial charge in [0.15, 0.2) is 0 Å². The third-order valence-corrected chi connectivity index (χ3v) is 5.39. The summed E-state index contributed by atoms with van der Waals surface area (Å²) in [6.45, 7) is 2.66. The summed E-state index contributed by atoms with van der Waals surface area (Å²) in [6.07, 6.45) is 3.00. The molecule has 3 aromatic rings. The van der Waals surface area contributed by atoms with Crippen molar-refractivity contribution in [3.63, 3.8) is 0 Å². The molecule has 2 N–H and O–H groups in total. The van der Waals surface area contributed by atoms with E-state index in [1.807, 2.05) is 29.7 Å². The lowest BCUT2D eigenvalue weighted by Crippen LogP contribution is -2.37. The van der Waals surface area contributed by atoms with E-state index < -0.39 is 0 Å². The highest BCUT2D eigenvalue weighted by Crippen LogP contribution is 2.33. The van der Waals surface area contributed by atoms with Gasteiger partial charge in [0.25, 0.3) is 0 Å². The van der Waals surface area contributed by atoms with Crippen molar-refractivity contribution >= 4 is 22.3 Å². The number of nitrogens with zero attached hydrogens (tertiary/aromatic N) is 1. The lowest BCUT2D eigenvalue weighted by atomic mass is 10.0. The van der Waals surface area contributed by atoms with Gasteiger partial charge >= 0.3 is 0 Å². The number of nitrogens with two attached hydrogens (primary N) is 1. The van der Waals surface area contributed by atoms with E-state index in [1.54, 1.807) is 0 Å². The van der Waals surface area contributed by atoms with Crippen LogP contribution in [-0.2, 0) is 13.0 Å². The van der Waals surface area contributed by atoms with Crippen molar-refractivity contribution in [2.75, 3.05) is 13.1 Å². The monoisotopic (exact) mass is 298 g/mol. The van der Waals surface area contributed by atoms with E-state index in [2.05, 4.69) is 28.5 Å². The van der Waals surface area contributed by atoms with E-state index in [9.17, 15) is 0 Å². The molecular weight excluding hydrogens is 280 g/mol. The zero-order valence-corrected chi connectivity index (χ0v) is 12.6. The number of hydrogen-bond acceptors (Lipinski definition) is 4. The van der Waals surface area contributed by atoms with Gasteiger partial charge in [-0.3, -0.25) is 4.90 Å². The van der Waals surface area contributed by atoms with Gasteiger partial charge in [-0.1, -0.05) is 18.2 Å². The molecule has 0 aliphatic carbocycles. The van der Waals surface area contributed by atoms with Crippen LogP contribution in [0.25, 0.3) is 11.0 Å². The van der Waals surface area contributed by atoms with Crippen LogP contribution in [-0.4, -0.2) is 18.0 Å². The van der Waals surface area contributed by atoms with Crippen LogP contribution in [0.2, 0.25) is 0 Å². The summed E-state index contributed by atoms with van der Waals surface area (Å²) < 4.78 is 5.70. The molecule has 0 amide bonds. The Morgan fingerprint density at radius 2 is 2.19 bits per heavy atom. The van der Waals surface area contributed by atoms with Crippen molar-refractivity contribution in [2.45, 2.75) is 19.0 Å². The minimum absolute atomic E-state index is 0.224. The number of thiophene rings is 1. The van der Waals surface area contributed by atoms with Gasteiger partial charge in [0.1, 0.15) is 5.58 Å². The molecule has 1 aromatic carbocycles. The Morgan fingerprint density at radius 1 is 1.29 bits per heavy atom. The summed E-state index contributed by atoms with van der Waals surface area (Å²) in [5.74, 6) is 0. The molecule has 0 bridgehead atoms. The molecule has 3 heterocycles. The molecule has 1 unspecified atom stereocenters. The molecule has 1 aliphatic heterocycles. The standard InChI is InChI=1S/C17H18N2OS/c18-9-15(14-11-20-16-4-2-1-3-13(14)16)19-7-5-17-12(10-19)6-8-21-17/h1-4,6,8,11,15H,5,7,9-10,18H2. The van der Waals surface area contributed by atoms with Crippen LogP contribution >= 0.6 is 11.3 Å². The fraction of sp³-hybridized carbons (Fsp3) is 0.294. The highest BCUT2D eigenvalue weighted by molar-refractivity contribution is 7.10. The van der Waals surface area contributed by atoms with E-state index >= 15 is 0 Å². The highest BCUT2D eigenvalue weighted by Gasteiger charge is 2.26. The first-order valence-electron chi connectivity index (χ1n) is 7.32. The lowest BCUT2D eigenvalue weighted by Gasteiger charge is -2.33. The maximum Gasteiger partial charge on any atom is 0.134 e. The Bertz CT molecular complexity index is 761. The predicted molar refractivity (Wildman–Crippen MR) is 86.4 cm³/mol. The van der Waals surface area contributed by atoms with Gasteiger partial charge in [0.05, 0.1) is 12.3 Å². The topological polar surface area (TPSA) is 42.4 Å². The summed E-state index contributed by atoms with van der Waals surface area (Å²) in [5.41, 5.74) is 9.71. The Labute approximate surface area is 128 Å². The fourth-order valence-electron chi connectivity index (χ4n) is 3.27. The van der Waals surface area contributed by atoms with Crippen LogP contribution in [0.1, 0.15) is 22.0 Å². The van der Waals surface area contributed by atoms with Crippen LogP contribution in [0.3, 0.4) is 0 Å². The molecule has 4 rings (SSSR count). The number of fused-ring (bicyclic) bond motifs is 2. The van der Waals surface area contributed by atoms with E-state index in [0.717, 1.165) is 25.1 Å². The summed E-state index contributed by atoms with van der Waals surface area (Å²) in [6, 6.07) is 10.7. The molecule has 1 aliphatic rings. The van der Waals surface area contributed by atoms with Crippen molar-refractivity contribution in [1.82, 2.24) is 4.90 Å². The summed E-state index contributed by atoms with van der Waals surface area (Å²) in [7, 11) is 0. The third kappa shape index (κ3) is 2.20. The molecule has 2 aromatic heterocycles. The van der Waals surface area contributed by atoms with Crippen molar-refractivity contribution in [1.29, 1.82) is 0 Å². The van der Waals surface area contributed by atoms with E-state index in [-0.39, 0.29) is 6.04 Å². The molecule has 0 saturated carbocycles. The Morgan fingerprint density at radius 3 is 3.10 bits per heavy atom. The molecule has 0 spiro atoms. The predicted octanol–water partition coefficient (Wildman–Crippen LogP) is 3.55. The smallest absolute Gasteiger partial charge is 0.134 e. The molecule has 3 nitrogen and oxygen atoms in total. The lowest BCUT2D eigenvalue weighted by molar-refractivity contribution is 0.185. The first-order chi connectivity index (χ1) is 10.4. The number of para-hydroxylation sites is 1. The Balaban J connectivity index is 1.69. The van der Waals surface area contributed by atoms with E-state index in [4.69, 9.17) is 10.2 Å². The SMILES string of the molecule is NCC(c1coc2ccccc12)N1CCc2sccc2C1. The zero-order valence-electron chi connectivity index (χ0n) is 11.8. The first-order valence-corrected chi connectivity index (χ1v) is 8.20. The second-order valence-corrected chi connectivity index (χ2v) is 6.53. The molecule has 21 heavy (non-hydrogen) atoms. The molecular formula is C17H18N2OS. The van der Waals surface area contributed by atoms with Crippen LogP contribution in [0.15, 0.2) is 46.4 Å². The maximum atomic E-state index is 6.10. The number of hydrogen-bond donors (Lipinski definition) is 1. The van der Waals surface area contributed by atoms with Crippen molar-refractivity contribution in [2.24, 2.45) is 5.73 Å². The van der Waals surface area contributed by atoms with Gasteiger partial charge in [0, 0.05) is 35.5 Å². The minimum Gasteiger partial charge on any atom is -0.464 e. The van der Waals surface area contributed by atoms with Gasteiger partial charge < -0.3 is 10.2 Å². The quantitative estimate of drug-likeness (QED) is 0.804. The Hall–Kier alpha value is -1.62. The van der Waals surface area contributed by atoms with Gasteiger partial charge in [-0.2, -0.15) is 0 Å².